The molecule has 3 heterocycles. The summed E-state index contributed by atoms with van der Waals surface area (Å²) < 4.78 is 5.75. The number of fused-ring (bicyclic) bond motifs is 2. The lowest BCUT2D eigenvalue weighted by atomic mass is 9.84. The number of rotatable bonds is 1. The number of piperidine rings is 1. The fourth-order valence-electron chi connectivity index (χ4n) is 4.23. The van der Waals surface area contributed by atoms with E-state index in [2.05, 4.69) is 10.6 Å². The number of aryl methyl sites for hydroxylation is 1. The van der Waals surface area contributed by atoms with Crippen LogP contribution in [0.2, 0.25) is 0 Å². The Labute approximate surface area is 162 Å². The van der Waals surface area contributed by atoms with E-state index in [1.807, 2.05) is 54.3 Å². The van der Waals surface area contributed by atoms with Crippen LogP contribution >= 0.6 is 0 Å². The average Bonchev–Trinajstić information content (AvgIpc) is 3.09. The zero-order valence-electron chi connectivity index (χ0n) is 15.6. The van der Waals surface area contributed by atoms with E-state index in [9.17, 15) is 9.59 Å². The van der Waals surface area contributed by atoms with Crippen LogP contribution in [0.5, 0.6) is 0 Å². The first-order chi connectivity index (χ1) is 13.6. The summed E-state index contributed by atoms with van der Waals surface area (Å²) in [5.74, 6) is 0.711. The van der Waals surface area contributed by atoms with Crippen molar-refractivity contribution in [1.29, 1.82) is 0 Å². The van der Waals surface area contributed by atoms with Crippen LogP contribution in [-0.4, -0.2) is 35.3 Å². The third-order valence-corrected chi connectivity index (χ3v) is 5.79. The first kappa shape index (κ1) is 16.9. The fourth-order valence-corrected chi connectivity index (χ4v) is 4.23. The zero-order chi connectivity index (χ0) is 19.3. The molecule has 0 bridgehead atoms. The Morgan fingerprint density at radius 1 is 1.07 bits per heavy atom. The highest BCUT2D eigenvalue weighted by molar-refractivity contribution is 6.07. The summed E-state index contributed by atoms with van der Waals surface area (Å²) in [6, 6.07) is 15.3. The molecule has 28 heavy (non-hydrogen) atoms. The lowest BCUT2D eigenvalue weighted by Gasteiger charge is -2.44. The number of likely N-dealkylation sites (tertiary alicyclic amines) is 1. The van der Waals surface area contributed by atoms with Gasteiger partial charge in [-0.05, 0) is 44.0 Å². The number of benzene rings is 2. The van der Waals surface area contributed by atoms with Crippen molar-refractivity contribution in [3.8, 4) is 0 Å². The van der Waals surface area contributed by atoms with Crippen LogP contribution in [-0.2, 0) is 4.79 Å². The summed E-state index contributed by atoms with van der Waals surface area (Å²) in [5.41, 5.74) is 2.27. The van der Waals surface area contributed by atoms with Gasteiger partial charge in [0.1, 0.15) is 16.9 Å². The molecule has 1 fully saturated rings. The summed E-state index contributed by atoms with van der Waals surface area (Å²) >= 11 is 0. The van der Waals surface area contributed by atoms with E-state index >= 15 is 0 Å². The molecule has 0 atom stereocenters. The van der Waals surface area contributed by atoms with Crippen molar-refractivity contribution in [3.63, 3.8) is 0 Å². The zero-order valence-corrected chi connectivity index (χ0v) is 15.6. The van der Waals surface area contributed by atoms with Crippen molar-refractivity contribution >= 4 is 34.2 Å². The van der Waals surface area contributed by atoms with Gasteiger partial charge in [0.15, 0.2) is 0 Å². The first-order valence-electron chi connectivity index (χ1n) is 9.53. The van der Waals surface area contributed by atoms with Crippen molar-refractivity contribution in [2.45, 2.75) is 25.3 Å². The number of amides is 2. The third kappa shape index (κ3) is 2.56. The first-order valence-corrected chi connectivity index (χ1v) is 9.53. The van der Waals surface area contributed by atoms with Gasteiger partial charge in [0, 0.05) is 18.5 Å². The van der Waals surface area contributed by atoms with Crippen LogP contribution in [0.4, 0.5) is 11.4 Å². The second-order valence-corrected chi connectivity index (χ2v) is 7.58. The van der Waals surface area contributed by atoms with Gasteiger partial charge in [0.25, 0.3) is 5.91 Å². The monoisotopic (exact) mass is 375 g/mol. The fraction of sp³-hybridized carbons (Fsp3) is 0.273. The van der Waals surface area contributed by atoms with Crippen molar-refractivity contribution < 1.29 is 14.0 Å². The van der Waals surface area contributed by atoms with E-state index < -0.39 is 5.54 Å². The number of furan rings is 1. The van der Waals surface area contributed by atoms with E-state index in [1.54, 1.807) is 6.07 Å². The largest absolute Gasteiger partial charge is 0.461 e. The quantitative estimate of drug-likeness (QED) is 0.679. The third-order valence-electron chi connectivity index (χ3n) is 5.79. The molecule has 5 rings (SSSR count). The molecule has 142 valence electrons. The van der Waals surface area contributed by atoms with Crippen LogP contribution in [0.3, 0.4) is 0 Å². The Balaban J connectivity index is 1.37. The molecule has 0 aliphatic carbocycles. The minimum absolute atomic E-state index is 0.0259. The molecule has 2 N–H and O–H groups in total. The van der Waals surface area contributed by atoms with Gasteiger partial charge in [-0.2, -0.15) is 0 Å². The number of anilines is 2. The van der Waals surface area contributed by atoms with E-state index in [4.69, 9.17) is 4.42 Å². The van der Waals surface area contributed by atoms with Crippen LogP contribution in [0.25, 0.3) is 11.0 Å². The van der Waals surface area contributed by atoms with Gasteiger partial charge < -0.3 is 20.0 Å². The Morgan fingerprint density at radius 3 is 2.61 bits per heavy atom. The minimum atomic E-state index is -0.668. The maximum Gasteiger partial charge on any atom is 0.257 e. The van der Waals surface area contributed by atoms with Crippen LogP contribution < -0.4 is 10.6 Å². The van der Waals surface area contributed by atoms with Gasteiger partial charge in [-0.3, -0.25) is 9.59 Å². The van der Waals surface area contributed by atoms with E-state index in [0.717, 1.165) is 22.5 Å². The Hall–Kier alpha value is -3.28. The highest BCUT2D eigenvalue weighted by Gasteiger charge is 2.45. The average molecular weight is 375 g/mol. The molecule has 1 aromatic heterocycles. The predicted octanol–water partition coefficient (Wildman–Crippen LogP) is 3.78. The van der Waals surface area contributed by atoms with Crippen molar-refractivity contribution in [2.75, 3.05) is 23.7 Å². The molecule has 6 heteroatoms. The van der Waals surface area contributed by atoms with Crippen LogP contribution in [0.1, 0.15) is 29.0 Å². The maximum atomic E-state index is 13.1. The highest BCUT2D eigenvalue weighted by Crippen LogP contribution is 2.36. The number of para-hydroxylation sites is 3. The normalized spacial score (nSPS) is 17.9. The predicted molar refractivity (Wildman–Crippen MR) is 108 cm³/mol. The van der Waals surface area contributed by atoms with Gasteiger partial charge in [-0.25, -0.2) is 0 Å². The molecular weight excluding hydrogens is 354 g/mol. The standard InChI is InChI=1S/C22H21N3O3/c1-14-13-15-5-4-6-16(19(15)28-14)20(26)25-11-9-22(10-12-25)21(27)23-17-7-2-3-8-18(17)24-22/h2-8,13,24H,9-12H2,1H3,(H,23,27). The van der Waals surface area contributed by atoms with Gasteiger partial charge >= 0.3 is 0 Å². The lowest BCUT2D eigenvalue weighted by molar-refractivity contribution is -0.122. The SMILES string of the molecule is Cc1cc2cccc(C(=O)N3CCC4(CC3)Nc3ccccc3NC4=O)c2o1. The van der Waals surface area contributed by atoms with Crippen molar-refractivity contribution in [1.82, 2.24) is 4.90 Å². The molecule has 6 nitrogen and oxygen atoms in total. The van der Waals surface area contributed by atoms with Crippen LogP contribution in [0.15, 0.2) is 52.9 Å². The molecule has 3 aromatic rings. The van der Waals surface area contributed by atoms with Gasteiger partial charge in [0.05, 0.1) is 16.9 Å². The Bertz CT molecular complexity index is 1090. The smallest absolute Gasteiger partial charge is 0.257 e. The van der Waals surface area contributed by atoms with Crippen molar-refractivity contribution in [2.24, 2.45) is 0 Å². The molecule has 1 spiro atoms. The van der Waals surface area contributed by atoms with Gasteiger partial charge in [-0.1, -0.05) is 24.3 Å². The summed E-state index contributed by atoms with van der Waals surface area (Å²) in [7, 11) is 0. The molecule has 2 aliphatic heterocycles. The van der Waals surface area contributed by atoms with E-state index in [1.165, 1.54) is 0 Å². The topological polar surface area (TPSA) is 74.6 Å². The molecule has 0 radical (unpaired) electrons. The molecule has 2 aliphatic rings. The summed E-state index contributed by atoms with van der Waals surface area (Å²) in [5, 5.41) is 7.36. The van der Waals surface area contributed by atoms with Gasteiger partial charge in [-0.15, -0.1) is 0 Å². The number of hydrogen-bond donors (Lipinski definition) is 2. The number of carbonyl (C=O) groups excluding carboxylic acids is 2. The summed E-state index contributed by atoms with van der Waals surface area (Å²) in [6.07, 6.45) is 1.12. The Morgan fingerprint density at radius 2 is 1.82 bits per heavy atom. The summed E-state index contributed by atoms with van der Waals surface area (Å²) in [4.78, 5) is 27.7. The van der Waals surface area contributed by atoms with Gasteiger partial charge in [0.2, 0.25) is 5.91 Å². The molecule has 2 amide bonds. The minimum Gasteiger partial charge on any atom is -0.461 e. The number of hydrogen-bond acceptors (Lipinski definition) is 4. The van der Waals surface area contributed by atoms with Crippen LogP contribution in [0, 0.1) is 6.92 Å². The molecule has 1 saturated heterocycles. The lowest BCUT2D eigenvalue weighted by Crippen LogP contribution is -2.59. The molecule has 0 saturated carbocycles. The molecule has 0 unspecified atom stereocenters. The van der Waals surface area contributed by atoms with E-state index in [-0.39, 0.29) is 11.8 Å². The molecule has 2 aromatic carbocycles. The van der Waals surface area contributed by atoms with Crippen molar-refractivity contribution in [3.05, 3.63) is 59.9 Å². The van der Waals surface area contributed by atoms with E-state index in [0.29, 0.717) is 37.1 Å². The number of nitrogens with one attached hydrogen (secondary N) is 2. The highest BCUT2D eigenvalue weighted by atomic mass is 16.3. The Kier molecular flexibility index (Phi) is 3.69. The second kappa shape index (κ2) is 6.12. The molecular formula is C22H21N3O3. The number of carbonyl (C=O) groups is 2. The summed E-state index contributed by atoms with van der Waals surface area (Å²) in [6.45, 7) is 2.90. The maximum absolute atomic E-state index is 13.1. The second-order valence-electron chi connectivity index (χ2n) is 7.58. The number of nitrogens with zero attached hydrogens (tertiary/aromatic N) is 1.